The molecule has 2 N–H and O–H groups in total. The molecule has 0 atom stereocenters. The first kappa shape index (κ1) is 8.91. The molecule has 0 aliphatic carbocycles. The van der Waals surface area contributed by atoms with Crippen LogP contribution < -0.4 is 5.73 Å². The Hall–Kier alpha value is -1.36. The number of nitrogens with zero attached hydrogens (tertiary/aromatic N) is 3. The summed E-state index contributed by atoms with van der Waals surface area (Å²) in [5, 5.41) is 0.946. The van der Waals surface area contributed by atoms with Gasteiger partial charge < -0.3 is 5.73 Å². The van der Waals surface area contributed by atoms with Crippen molar-refractivity contribution in [1.29, 1.82) is 0 Å². The van der Waals surface area contributed by atoms with Crippen LogP contribution in [0.4, 0.5) is 5.82 Å². The molecule has 3 heterocycles. The molecule has 3 rings (SSSR count). The zero-order valence-corrected chi connectivity index (χ0v) is 8.92. The van der Waals surface area contributed by atoms with Gasteiger partial charge in [-0.05, 0) is 23.3 Å². The summed E-state index contributed by atoms with van der Waals surface area (Å²) in [6, 6.07) is 0. The van der Waals surface area contributed by atoms with Gasteiger partial charge in [0.05, 0.1) is 5.39 Å². The van der Waals surface area contributed by atoms with Gasteiger partial charge in [0.25, 0.3) is 0 Å². The van der Waals surface area contributed by atoms with Crippen LogP contribution in [0.15, 0.2) is 12.5 Å². The molecule has 0 unspecified atom stereocenters. The highest BCUT2D eigenvalue weighted by atomic mass is 32.2. The van der Waals surface area contributed by atoms with E-state index in [0.717, 1.165) is 23.3 Å². The Balaban J connectivity index is 2.39. The van der Waals surface area contributed by atoms with Gasteiger partial charge in [0, 0.05) is 11.9 Å². The molecule has 4 nitrogen and oxygen atoms in total. The van der Waals surface area contributed by atoms with Crippen molar-refractivity contribution < 1.29 is 0 Å². The van der Waals surface area contributed by atoms with Crippen molar-refractivity contribution in [2.75, 3.05) is 11.5 Å². The largest absolute Gasteiger partial charge is 0.383 e. The van der Waals surface area contributed by atoms with E-state index in [0.29, 0.717) is 11.5 Å². The molecule has 0 saturated carbocycles. The number of fused-ring (bicyclic) bond motifs is 3. The zero-order chi connectivity index (χ0) is 10.3. The van der Waals surface area contributed by atoms with E-state index in [1.165, 1.54) is 17.5 Å². The summed E-state index contributed by atoms with van der Waals surface area (Å²) in [6.45, 7) is 0. The van der Waals surface area contributed by atoms with Gasteiger partial charge in [-0.3, -0.25) is 0 Å². The Kier molecular flexibility index (Phi) is 1.98. The molecular weight excluding hydrogens is 208 g/mol. The fraction of sp³-hybridized carbons (Fsp3) is 0.300. The molecule has 0 fully saturated rings. The number of rotatable bonds is 0. The Labute approximate surface area is 91.3 Å². The molecule has 0 radical (unpaired) electrons. The normalized spacial score (nSPS) is 15.2. The van der Waals surface area contributed by atoms with E-state index >= 15 is 0 Å². The topological polar surface area (TPSA) is 64.7 Å². The molecule has 1 aliphatic rings. The number of aromatic nitrogens is 3. The smallest absolute Gasteiger partial charge is 0.164 e. The number of aryl methyl sites for hydroxylation is 1. The second-order valence-electron chi connectivity index (χ2n) is 3.52. The molecule has 0 aromatic carbocycles. The van der Waals surface area contributed by atoms with Gasteiger partial charge >= 0.3 is 0 Å². The van der Waals surface area contributed by atoms with E-state index in [-0.39, 0.29) is 0 Å². The number of hydrogen-bond donors (Lipinski definition) is 1. The van der Waals surface area contributed by atoms with Crippen LogP contribution in [0.1, 0.15) is 11.1 Å². The Morgan fingerprint density at radius 1 is 1.27 bits per heavy atom. The highest BCUT2D eigenvalue weighted by Crippen LogP contribution is 2.31. The third kappa shape index (κ3) is 1.34. The lowest BCUT2D eigenvalue weighted by molar-refractivity contribution is 1.06. The van der Waals surface area contributed by atoms with Crippen LogP contribution in [-0.2, 0) is 12.2 Å². The number of anilines is 1. The number of hydrogen-bond acceptors (Lipinski definition) is 5. The number of thioether (sulfide) groups is 1. The van der Waals surface area contributed by atoms with E-state index in [4.69, 9.17) is 5.73 Å². The minimum Gasteiger partial charge on any atom is -0.383 e. The van der Waals surface area contributed by atoms with Crippen LogP contribution in [0, 0.1) is 0 Å². The summed E-state index contributed by atoms with van der Waals surface area (Å²) < 4.78 is 0. The van der Waals surface area contributed by atoms with Crippen LogP contribution in [0.25, 0.3) is 11.0 Å². The van der Waals surface area contributed by atoms with Gasteiger partial charge in [0.2, 0.25) is 0 Å². The molecule has 2 aromatic heterocycles. The first-order chi connectivity index (χ1) is 7.36. The summed E-state index contributed by atoms with van der Waals surface area (Å²) >= 11 is 1.92. The maximum absolute atomic E-state index is 5.88. The number of nitrogen functional groups attached to an aromatic ring is 1. The minimum absolute atomic E-state index is 0.548. The summed E-state index contributed by atoms with van der Waals surface area (Å²) in [5.74, 6) is 2.70. The van der Waals surface area contributed by atoms with E-state index in [9.17, 15) is 0 Å². The lowest BCUT2D eigenvalue weighted by atomic mass is 10.1. The minimum atomic E-state index is 0.548. The Morgan fingerprint density at radius 3 is 3.13 bits per heavy atom. The second-order valence-corrected chi connectivity index (χ2v) is 4.63. The molecule has 1 aliphatic heterocycles. The predicted molar refractivity (Wildman–Crippen MR) is 61.6 cm³/mol. The number of nitrogens with two attached hydrogens (primary N) is 1. The van der Waals surface area contributed by atoms with Crippen molar-refractivity contribution in [3.63, 3.8) is 0 Å². The third-order valence-corrected chi connectivity index (χ3v) is 3.64. The van der Waals surface area contributed by atoms with Gasteiger partial charge in [-0.15, -0.1) is 0 Å². The van der Waals surface area contributed by atoms with Crippen molar-refractivity contribution in [2.24, 2.45) is 0 Å². The lowest BCUT2D eigenvalue weighted by Gasteiger charge is -2.16. The van der Waals surface area contributed by atoms with Crippen molar-refractivity contribution in [2.45, 2.75) is 12.2 Å². The zero-order valence-electron chi connectivity index (χ0n) is 8.10. The molecule has 76 valence electrons. The van der Waals surface area contributed by atoms with Gasteiger partial charge in [-0.2, -0.15) is 11.8 Å². The van der Waals surface area contributed by atoms with Gasteiger partial charge in [-0.1, -0.05) is 0 Å². The molecular formula is C10H10N4S. The lowest BCUT2D eigenvalue weighted by Crippen LogP contribution is -2.07. The second kappa shape index (κ2) is 3.34. The average Bonchev–Trinajstić information content (AvgIpc) is 2.29. The molecule has 0 spiro atoms. The van der Waals surface area contributed by atoms with Crippen LogP contribution in [-0.4, -0.2) is 20.7 Å². The van der Waals surface area contributed by atoms with Crippen molar-refractivity contribution in [3.8, 4) is 0 Å². The van der Waals surface area contributed by atoms with E-state index in [2.05, 4.69) is 15.0 Å². The summed E-state index contributed by atoms with van der Waals surface area (Å²) in [6.07, 6.45) is 4.45. The van der Waals surface area contributed by atoms with E-state index in [1.54, 1.807) is 0 Å². The monoisotopic (exact) mass is 218 g/mol. The highest BCUT2D eigenvalue weighted by molar-refractivity contribution is 7.98. The molecule has 0 bridgehead atoms. The maximum atomic E-state index is 5.88. The Bertz CT molecular complexity index is 526. The standard InChI is InChI=1S/C10H10N4S/c11-9-8-7-4-15-2-1-6(7)3-12-10(8)14-5-13-9/h3,5H,1-2,4H2,(H2,11,12,13,14). The SMILES string of the molecule is Nc1ncnc2ncc3c(c12)CSCC3. The Morgan fingerprint density at radius 2 is 2.20 bits per heavy atom. The highest BCUT2D eigenvalue weighted by Gasteiger charge is 2.16. The van der Waals surface area contributed by atoms with Crippen LogP contribution >= 0.6 is 11.8 Å². The van der Waals surface area contributed by atoms with Crippen LogP contribution in [0.5, 0.6) is 0 Å². The fourth-order valence-electron chi connectivity index (χ4n) is 1.89. The summed E-state index contributed by atoms with van der Waals surface area (Å²) in [4.78, 5) is 12.5. The van der Waals surface area contributed by atoms with Crippen molar-refractivity contribution >= 4 is 28.6 Å². The summed E-state index contributed by atoms with van der Waals surface area (Å²) in [7, 11) is 0. The van der Waals surface area contributed by atoms with Gasteiger partial charge in [0.15, 0.2) is 5.65 Å². The van der Waals surface area contributed by atoms with E-state index in [1.807, 2.05) is 18.0 Å². The third-order valence-electron chi connectivity index (χ3n) is 2.65. The van der Waals surface area contributed by atoms with Gasteiger partial charge in [-0.25, -0.2) is 15.0 Å². The first-order valence-corrected chi connectivity index (χ1v) is 5.96. The molecule has 2 aromatic rings. The van der Waals surface area contributed by atoms with Crippen molar-refractivity contribution in [1.82, 2.24) is 15.0 Å². The molecule has 0 amide bonds. The van der Waals surface area contributed by atoms with Crippen LogP contribution in [0.3, 0.4) is 0 Å². The molecule has 5 heteroatoms. The van der Waals surface area contributed by atoms with Gasteiger partial charge in [0.1, 0.15) is 12.1 Å². The predicted octanol–water partition coefficient (Wildman–Crippen LogP) is 1.40. The maximum Gasteiger partial charge on any atom is 0.164 e. The van der Waals surface area contributed by atoms with E-state index < -0.39 is 0 Å². The van der Waals surface area contributed by atoms with Crippen LogP contribution in [0.2, 0.25) is 0 Å². The number of pyridine rings is 1. The average molecular weight is 218 g/mol. The fourth-order valence-corrected chi connectivity index (χ4v) is 2.93. The molecule has 0 saturated heterocycles. The van der Waals surface area contributed by atoms with Crippen molar-refractivity contribution in [3.05, 3.63) is 23.7 Å². The first-order valence-electron chi connectivity index (χ1n) is 4.81. The summed E-state index contributed by atoms with van der Waals surface area (Å²) in [5.41, 5.74) is 9.16. The molecule has 15 heavy (non-hydrogen) atoms. The quantitative estimate of drug-likeness (QED) is 0.724.